The fraction of sp³-hybridized carbons (Fsp3) is 0.500. The summed E-state index contributed by atoms with van der Waals surface area (Å²) in [5, 5.41) is 18.4. The Morgan fingerprint density at radius 3 is 2.65 bits per heavy atom. The first kappa shape index (κ1) is 18.5. The minimum absolute atomic E-state index is 0.0360. The summed E-state index contributed by atoms with van der Waals surface area (Å²) in [5.74, 6) is 0.781. The number of H-pyrrole nitrogens is 1. The van der Waals surface area contributed by atoms with Crippen LogP contribution in [0.3, 0.4) is 0 Å². The maximum atomic E-state index is 13.0. The van der Waals surface area contributed by atoms with Gasteiger partial charge < -0.3 is 14.7 Å². The molecule has 3 rings (SSSR count). The van der Waals surface area contributed by atoms with E-state index in [4.69, 9.17) is 4.74 Å². The highest BCUT2D eigenvalue weighted by molar-refractivity contribution is 5.80. The highest BCUT2D eigenvalue weighted by Crippen LogP contribution is 2.35. The van der Waals surface area contributed by atoms with Gasteiger partial charge in [-0.1, -0.05) is 12.1 Å². The van der Waals surface area contributed by atoms with E-state index in [9.17, 15) is 9.90 Å². The number of aryl methyl sites for hydroxylation is 2. The largest absolute Gasteiger partial charge is 0.497 e. The Hall–Kier alpha value is -2.34. The lowest BCUT2D eigenvalue weighted by Crippen LogP contribution is -2.48. The monoisotopic (exact) mass is 357 g/mol. The number of carbonyl (C=O) groups excluding carboxylic acids is 1. The summed E-state index contributed by atoms with van der Waals surface area (Å²) in [7, 11) is 1.62. The number of hydrogen-bond acceptors (Lipinski definition) is 4. The highest BCUT2D eigenvalue weighted by Gasteiger charge is 2.42. The minimum Gasteiger partial charge on any atom is -0.497 e. The van der Waals surface area contributed by atoms with Crippen LogP contribution in [-0.4, -0.2) is 45.8 Å². The zero-order chi connectivity index (χ0) is 18.9. The Kier molecular flexibility index (Phi) is 5.05. The number of nitrogens with zero attached hydrogens (tertiary/aromatic N) is 2. The molecular weight excluding hydrogens is 330 g/mol. The fourth-order valence-corrected chi connectivity index (χ4v) is 3.86. The zero-order valence-electron chi connectivity index (χ0n) is 15.9. The second-order valence-corrected chi connectivity index (χ2v) is 7.21. The number of aliphatic hydroxyl groups is 1. The molecule has 1 aliphatic rings. The van der Waals surface area contributed by atoms with Crippen LogP contribution in [-0.2, 0) is 16.8 Å². The van der Waals surface area contributed by atoms with Crippen LogP contribution in [0.2, 0.25) is 0 Å². The van der Waals surface area contributed by atoms with Crippen molar-refractivity contribution in [3.05, 3.63) is 46.8 Å². The first-order valence-electron chi connectivity index (χ1n) is 9.01. The second kappa shape index (κ2) is 7.11. The molecule has 2 heterocycles. The molecule has 2 aromatic rings. The maximum Gasteiger partial charge on any atom is 0.227 e. The molecule has 6 heteroatoms. The van der Waals surface area contributed by atoms with Crippen LogP contribution in [0.15, 0.2) is 24.3 Å². The summed E-state index contributed by atoms with van der Waals surface area (Å²) in [5.41, 5.74) is 2.41. The minimum atomic E-state index is -1.11. The molecule has 2 N–H and O–H groups in total. The van der Waals surface area contributed by atoms with Crippen molar-refractivity contribution in [1.82, 2.24) is 15.1 Å². The van der Waals surface area contributed by atoms with Gasteiger partial charge in [0.25, 0.3) is 0 Å². The zero-order valence-corrected chi connectivity index (χ0v) is 15.9. The van der Waals surface area contributed by atoms with Gasteiger partial charge in [-0.3, -0.25) is 9.89 Å². The summed E-state index contributed by atoms with van der Waals surface area (Å²) in [6, 6.07) is 7.16. The molecule has 0 saturated carbocycles. The van der Waals surface area contributed by atoms with Crippen molar-refractivity contribution in [3.8, 4) is 5.75 Å². The van der Waals surface area contributed by atoms with E-state index < -0.39 is 5.60 Å². The summed E-state index contributed by atoms with van der Waals surface area (Å²) in [4.78, 5) is 14.8. The first-order valence-corrected chi connectivity index (χ1v) is 9.01. The van der Waals surface area contributed by atoms with Gasteiger partial charge in [-0.25, -0.2) is 0 Å². The number of carbonyl (C=O) groups is 1. The smallest absolute Gasteiger partial charge is 0.227 e. The third-order valence-corrected chi connectivity index (χ3v) is 5.51. The standard InChI is InChI=1S/C20H27N3O3/c1-13-17(14(2)22-21-13)12-19(24)23-11-5-6-18(23)20(3,25)15-7-9-16(26-4)10-8-15/h7-10,18,25H,5-6,11-12H2,1-4H3,(H,21,22). The number of ether oxygens (including phenoxy) is 1. The molecule has 1 aromatic heterocycles. The number of rotatable bonds is 5. The van der Waals surface area contributed by atoms with Gasteiger partial charge >= 0.3 is 0 Å². The number of methoxy groups -OCH3 is 1. The van der Waals surface area contributed by atoms with E-state index in [0.29, 0.717) is 13.0 Å². The van der Waals surface area contributed by atoms with Gasteiger partial charge in [0.05, 0.1) is 25.3 Å². The van der Waals surface area contributed by atoms with Crippen molar-refractivity contribution in [2.24, 2.45) is 0 Å². The molecule has 1 amide bonds. The van der Waals surface area contributed by atoms with E-state index >= 15 is 0 Å². The third kappa shape index (κ3) is 3.33. The van der Waals surface area contributed by atoms with E-state index in [1.54, 1.807) is 14.0 Å². The van der Waals surface area contributed by atoms with Crippen molar-refractivity contribution >= 4 is 5.91 Å². The lowest BCUT2D eigenvalue weighted by molar-refractivity contribution is -0.137. The van der Waals surface area contributed by atoms with Crippen LogP contribution < -0.4 is 4.74 Å². The number of benzene rings is 1. The molecule has 0 spiro atoms. The number of nitrogens with one attached hydrogen (secondary N) is 1. The van der Waals surface area contributed by atoms with Crippen LogP contribution in [0.25, 0.3) is 0 Å². The van der Waals surface area contributed by atoms with Gasteiger partial charge in [0, 0.05) is 17.8 Å². The second-order valence-electron chi connectivity index (χ2n) is 7.21. The van der Waals surface area contributed by atoms with E-state index in [-0.39, 0.29) is 11.9 Å². The van der Waals surface area contributed by atoms with Crippen molar-refractivity contribution in [1.29, 1.82) is 0 Å². The van der Waals surface area contributed by atoms with Crippen molar-refractivity contribution in [2.45, 2.75) is 51.7 Å². The number of aromatic nitrogens is 2. The quantitative estimate of drug-likeness (QED) is 0.862. The summed E-state index contributed by atoms with van der Waals surface area (Å²) >= 11 is 0. The molecule has 1 saturated heterocycles. The third-order valence-electron chi connectivity index (χ3n) is 5.51. The van der Waals surface area contributed by atoms with Gasteiger partial charge in [0.2, 0.25) is 5.91 Å². The predicted octanol–water partition coefficient (Wildman–Crippen LogP) is 2.48. The van der Waals surface area contributed by atoms with E-state index in [0.717, 1.165) is 41.1 Å². The molecule has 0 radical (unpaired) electrons. The summed E-state index contributed by atoms with van der Waals surface area (Å²) in [6.45, 7) is 6.30. The van der Waals surface area contributed by atoms with Crippen molar-refractivity contribution in [3.63, 3.8) is 0 Å². The Morgan fingerprint density at radius 2 is 2.08 bits per heavy atom. The van der Waals surface area contributed by atoms with Gasteiger partial charge in [0.1, 0.15) is 11.4 Å². The SMILES string of the molecule is COc1ccc(C(C)(O)C2CCCN2C(=O)Cc2c(C)n[nH]c2C)cc1. The highest BCUT2D eigenvalue weighted by atomic mass is 16.5. The van der Waals surface area contributed by atoms with Crippen molar-refractivity contribution < 1.29 is 14.6 Å². The Labute approximate surface area is 154 Å². The number of likely N-dealkylation sites (tertiary alicyclic amines) is 1. The van der Waals surface area contributed by atoms with E-state index in [1.807, 2.05) is 43.0 Å². The molecule has 26 heavy (non-hydrogen) atoms. The Balaban J connectivity index is 1.81. The van der Waals surface area contributed by atoms with Crippen LogP contribution >= 0.6 is 0 Å². The average molecular weight is 357 g/mol. The molecule has 2 atom stereocenters. The van der Waals surface area contributed by atoms with Crippen LogP contribution in [0.5, 0.6) is 5.75 Å². The molecular formula is C20H27N3O3. The molecule has 0 aliphatic carbocycles. The molecule has 1 aromatic carbocycles. The van der Waals surface area contributed by atoms with E-state index in [2.05, 4.69) is 10.2 Å². The van der Waals surface area contributed by atoms with Crippen LogP contribution in [0.1, 0.15) is 42.3 Å². The van der Waals surface area contributed by atoms with Crippen LogP contribution in [0, 0.1) is 13.8 Å². The van der Waals surface area contributed by atoms with Gasteiger partial charge in [-0.15, -0.1) is 0 Å². The average Bonchev–Trinajstić information content (AvgIpc) is 3.24. The predicted molar refractivity (Wildman–Crippen MR) is 99.1 cm³/mol. The Bertz CT molecular complexity index is 761. The van der Waals surface area contributed by atoms with Crippen LogP contribution in [0.4, 0.5) is 0 Å². The molecule has 1 aliphatic heterocycles. The van der Waals surface area contributed by atoms with Gasteiger partial charge in [0.15, 0.2) is 0 Å². The van der Waals surface area contributed by atoms with Gasteiger partial charge in [-0.2, -0.15) is 5.10 Å². The lowest BCUT2D eigenvalue weighted by Gasteiger charge is -2.37. The number of hydrogen-bond donors (Lipinski definition) is 2. The summed E-state index contributed by atoms with van der Waals surface area (Å²) in [6.07, 6.45) is 1.99. The molecule has 140 valence electrons. The van der Waals surface area contributed by atoms with E-state index in [1.165, 1.54) is 0 Å². The molecule has 1 fully saturated rings. The number of aromatic amines is 1. The van der Waals surface area contributed by atoms with Crippen molar-refractivity contribution in [2.75, 3.05) is 13.7 Å². The molecule has 6 nitrogen and oxygen atoms in total. The Morgan fingerprint density at radius 1 is 1.38 bits per heavy atom. The molecule has 0 bridgehead atoms. The maximum absolute atomic E-state index is 13.0. The fourth-order valence-electron chi connectivity index (χ4n) is 3.86. The van der Waals surface area contributed by atoms with Gasteiger partial charge in [-0.05, 0) is 51.3 Å². The number of amides is 1. The lowest BCUT2D eigenvalue weighted by atomic mass is 9.86. The summed E-state index contributed by atoms with van der Waals surface area (Å²) < 4.78 is 5.19. The first-order chi connectivity index (χ1) is 12.3. The normalized spacial score (nSPS) is 19.4. The molecule has 2 unspecified atom stereocenters. The topological polar surface area (TPSA) is 78.5 Å².